The lowest BCUT2D eigenvalue weighted by atomic mass is 9.94. The van der Waals surface area contributed by atoms with E-state index in [-0.39, 0.29) is 17.4 Å². The molecule has 2 atom stereocenters. The molecule has 6 rings (SSSR count). The number of thiazole rings is 1. The lowest BCUT2D eigenvalue weighted by Gasteiger charge is -2.24. The quantitative estimate of drug-likeness (QED) is 0.0947. The molecule has 3 heterocycles. The summed E-state index contributed by atoms with van der Waals surface area (Å²) >= 11 is 1.34. The van der Waals surface area contributed by atoms with Crippen LogP contribution in [-0.2, 0) is 16.0 Å². The Bertz CT molecular complexity index is 1760. The summed E-state index contributed by atoms with van der Waals surface area (Å²) in [4.78, 5) is 33.7. The highest BCUT2D eigenvalue weighted by atomic mass is 32.1. The number of ether oxygens (including phenoxy) is 3. The zero-order valence-electron chi connectivity index (χ0n) is 24.7. The van der Waals surface area contributed by atoms with Crippen molar-refractivity contribution < 1.29 is 28.9 Å². The van der Waals surface area contributed by atoms with E-state index in [1.807, 2.05) is 51.1 Å². The molecule has 222 valence electrons. The number of fused-ring (bicyclic) bond motifs is 2. The molecule has 4 aromatic rings. The molecule has 0 aliphatic carbocycles. The number of hydrogen-bond acceptors (Lipinski definition) is 8. The number of amides is 1. The Balaban J connectivity index is 1.51. The summed E-state index contributed by atoms with van der Waals surface area (Å²) < 4.78 is 18.7. The van der Waals surface area contributed by atoms with Crippen molar-refractivity contribution in [2.75, 3.05) is 18.1 Å². The highest BCUT2D eigenvalue weighted by Gasteiger charge is 2.48. The molecule has 3 aromatic carbocycles. The van der Waals surface area contributed by atoms with Gasteiger partial charge in [0, 0.05) is 12.0 Å². The summed E-state index contributed by atoms with van der Waals surface area (Å²) in [5, 5.41) is 12.1. The van der Waals surface area contributed by atoms with Crippen molar-refractivity contribution in [1.29, 1.82) is 0 Å². The first kappa shape index (κ1) is 28.7. The number of aryl methyl sites for hydroxylation is 1. The molecule has 0 unspecified atom stereocenters. The Hall–Kier alpha value is -4.37. The number of carbonyl (C=O) groups is 2. The number of anilines is 1. The van der Waals surface area contributed by atoms with Gasteiger partial charge in [-0.15, -0.1) is 0 Å². The maximum absolute atomic E-state index is 13.8. The topological polar surface area (TPSA) is 98.2 Å². The number of ketones is 1. The third-order valence-electron chi connectivity index (χ3n) is 7.69. The fourth-order valence-electron chi connectivity index (χ4n) is 5.60. The average molecular weight is 599 g/mol. The van der Waals surface area contributed by atoms with Gasteiger partial charge in [-0.25, -0.2) is 4.98 Å². The van der Waals surface area contributed by atoms with Gasteiger partial charge in [-0.05, 0) is 86.3 Å². The molecule has 1 amide bonds. The maximum atomic E-state index is 13.8. The Morgan fingerprint density at radius 1 is 1.07 bits per heavy atom. The number of rotatable bonds is 9. The van der Waals surface area contributed by atoms with Gasteiger partial charge in [0.2, 0.25) is 0 Å². The first-order chi connectivity index (χ1) is 20.8. The minimum atomic E-state index is -0.936. The van der Waals surface area contributed by atoms with Gasteiger partial charge in [-0.1, -0.05) is 36.8 Å². The third-order valence-corrected chi connectivity index (χ3v) is 8.71. The molecule has 8 nitrogen and oxygen atoms in total. The van der Waals surface area contributed by atoms with Crippen molar-refractivity contribution in [1.82, 2.24) is 4.98 Å². The molecule has 1 aromatic heterocycles. The van der Waals surface area contributed by atoms with Crippen molar-refractivity contribution in [2.24, 2.45) is 0 Å². The predicted octanol–water partition coefficient (Wildman–Crippen LogP) is 7.13. The van der Waals surface area contributed by atoms with Gasteiger partial charge in [0.25, 0.3) is 5.78 Å². The van der Waals surface area contributed by atoms with Gasteiger partial charge < -0.3 is 19.3 Å². The molecule has 1 saturated heterocycles. The van der Waals surface area contributed by atoms with E-state index < -0.39 is 17.7 Å². The number of aliphatic hydroxyl groups is 1. The second kappa shape index (κ2) is 11.7. The van der Waals surface area contributed by atoms with Crippen molar-refractivity contribution >= 4 is 44.1 Å². The minimum Gasteiger partial charge on any atom is -0.507 e. The van der Waals surface area contributed by atoms with Crippen LogP contribution in [0.5, 0.6) is 17.2 Å². The van der Waals surface area contributed by atoms with E-state index in [0.717, 1.165) is 39.9 Å². The SMILES string of the molecule is CCCCOc1ccc([C@@H]2/C(=C(\O)c3ccc4c(c3)C[C@H](C)O4)C(=O)C(=O)N2c2nc3ccc(C)cc3s2)cc1OCC. The summed E-state index contributed by atoms with van der Waals surface area (Å²) in [7, 11) is 0. The van der Waals surface area contributed by atoms with Crippen LogP contribution >= 0.6 is 11.3 Å². The molecule has 0 radical (unpaired) electrons. The molecule has 0 bridgehead atoms. The molecule has 1 N–H and O–H groups in total. The van der Waals surface area contributed by atoms with Gasteiger partial charge in [-0.3, -0.25) is 14.5 Å². The molecule has 2 aliphatic rings. The summed E-state index contributed by atoms with van der Waals surface area (Å²) in [5.41, 5.74) is 3.78. The number of unbranched alkanes of at least 4 members (excludes halogenated alkanes) is 1. The molecule has 9 heteroatoms. The number of Topliss-reactive ketones (excluding diaryl/α,β-unsaturated/α-hetero) is 1. The van der Waals surface area contributed by atoms with Crippen molar-refractivity contribution in [3.63, 3.8) is 0 Å². The van der Waals surface area contributed by atoms with E-state index in [4.69, 9.17) is 19.2 Å². The number of aromatic nitrogens is 1. The van der Waals surface area contributed by atoms with Crippen LogP contribution in [0, 0.1) is 6.92 Å². The Kier molecular flexibility index (Phi) is 7.83. The summed E-state index contributed by atoms with van der Waals surface area (Å²) in [5.74, 6) is 0.0766. The van der Waals surface area contributed by atoms with Crippen molar-refractivity contribution in [3.05, 3.63) is 82.4 Å². The zero-order valence-corrected chi connectivity index (χ0v) is 25.5. The van der Waals surface area contributed by atoms with Crippen molar-refractivity contribution in [3.8, 4) is 17.2 Å². The van der Waals surface area contributed by atoms with Gasteiger partial charge in [0.15, 0.2) is 16.6 Å². The normalized spacial score (nSPS) is 19.1. The van der Waals surface area contributed by atoms with Gasteiger partial charge >= 0.3 is 5.91 Å². The highest BCUT2D eigenvalue weighted by Crippen LogP contribution is 2.46. The van der Waals surface area contributed by atoms with E-state index in [0.29, 0.717) is 47.4 Å². The minimum absolute atomic E-state index is 0.00514. The van der Waals surface area contributed by atoms with Crippen LogP contribution in [0.15, 0.2) is 60.2 Å². The Labute approximate surface area is 254 Å². The largest absolute Gasteiger partial charge is 0.507 e. The Morgan fingerprint density at radius 3 is 2.70 bits per heavy atom. The number of hydrogen-bond donors (Lipinski definition) is 1. The standard InChI is InChI=1S/C34H34N2O6S/c1-5-7-14-41-26-13-9-21(18-27(26)40-6-2)30-29(31(37)22-10-12-25-23(17-22)16-20(4)42-25)32(38)33(39)36(30)34-35-24-11-8-19(3)15-28(24)43-34/h8-13,15,17-18,20,30,37H,5-7,14,16H2,1-4H3/b31-29+/t20-,30+/m0/s1. The van der Waals surface area contributed by atoms with Gasteiger partial charge in [-0.2, -0.15) is 0 Å². The maximum Gasteiger partial charge on any atom is 0.301 e. The summed E-state index contributed by atoms with van der Waals surface area (Å²) in [6.07, 6.45) is 2.61. The summed E-state index contributed by atoms with van der Waals surface area (Å²) in [6.45, 7) is 8.90. The third kappa shape index (κ3) is 5.33. The fourth-order valence-corrected chi connectivity index (χ4v) is 6.69. The van der Waals surface area contributed by atoms with E-state index in [9.17, 15) is 14.7 Å². The van der Waals surface area contributed by atoms with Crippen molar-refractivity contribution in [2.45, 2.75) is 59.1 Å². The molecular weight excluding hydrogens is 564 g/mol. The van der Waals surface area contributed by atoms with E-state index >= 15 is 0 Å². The second-order valence-corrected chi connectivity index (χ2v) is 11.9. The molecule has 43 heavy (non-hydrogen) atoms. The second-order valence-electron chi connectivity index (χ2n) is 10.9. The predicted molar refractivity (Wildman–Crippen MR) is 167 cm³/mol. The monoisotopic (exact) mass is 598 g/mol. The zero-order chi connectivity index (χ0) is 30.2. The molecule has 1 fully saturated rings. The van der Waals surface area contributed by atoms with E-state index in [1.54, 1.807) is 24.3 Å². The first-order valence-electron chi connectivity index (χ1n) is 14.7. The number of aliphatic hydroxyl groups excluding tert-OH is 1. The number of nitrogens with zero attached hydrogens (tertiary/aromatic N) is 2. The number of benzene rings is 3. The molecule has 0 saturated carbocycles. The fraction of sp³-hybridized carbons (Fsp3) is 0.324. The van der Waals surface area contributed by atoms with Gasteiger partial charge in [0.05, 0.1) is 35.0 Å². The van der Waals surface area contributed by atoms with Crippen LogP contribution in [0.25, 0.3) is 16.0 Å². The lowest BCUT2D eigenvalue weighted by Crippen LogP contribution is -2.29. The summed E-state index contributed by atoms with van der Waals surface area (Å²) in [6, 6.07) is 15.7. The molecular formula is C34H34N2O6S. The van der Waals surface area contributed by atoms with Crippen LogP contribution in [-0.4, -0.2) is 41.1 Å². The lowest BCUT2D eigenvalue weighted by molar-refractivity contribution is -0.132. The molecule has 2 aliphatic heterocycles. The first-order valence-corrected chi connectivity index (χ1v) is 15.5. The van der Waals surface area contributed by atoms with Crippen LogP contribution in [0.4, 0.5) is 5.13 Å². The highest BCUT2D eigenvalue weighted by molar-refractivity contribution is 7.22. The van der Waals surface area contributed by atoms with Crippen LogP contribution in [0.3, 0.4) is 0 Å². The van der Waals surface area contributed by atoms with E-state index in [2.05, 4.69) is 6.92 Å². The van der Waals surface area contributed by atoms with Gasteiger partial charge in [0.1, 0.15) is 17.6 Å². The van der Waals surface area contributed by atoms with Crippen LogP contribution in [0.2, 0.25) is 0 Å². The van der Waals surface area contributed by atoms with Crippen LogP contribution < -0.4 is 19.1 Å². The average Bonchev–Trinajstić information content (AvgIpc) is 3.65. The molecule has 0 spiro atoms. The van der Waals surface area contributed by atoms with E-state index in [1.165, 1.54) is 16.2 Å². The van der Waals surface area contributed by atoms with Crippen LogP contribution in [0.1, 0.15) is 61.9 Å². The Morgan fingerprint density at radius 2 is 1.91 bits per heavy atom. The number of carbonyl (C=O) groups excluding carboxylic acids is 2. The smallest absolute Gasteiger partial charge is 0.301 e.